The van der Waals surface area contributed by atoms with Gasteiger partial charge < -0.3 is 29.7 Å². The van der Waals surface area contributed by atoms with E-state index in [-0.39, 0.29) is 6.04 Å². The molecule has 0 saturated carbocycles. The average Bonchev–Trinajstić information content (AvgIpc) is 3.20. The number of aliphatic imine (C=N–C) groups is 1. The number of likely N-dealkylation sites (N-methyl/N-ethyl adjacent to an activating group) is 1. The van der Waals surface area contributed by atoms with Gasteiger partial charge in [0, 0.05) is 25.7 Å². The van der Waals surface area contributed by atoms with Crippen LogP contribution in [-0.4, -0.2) is 59.0 Å². The van der Waals surface area contributed by atoms with Gasteiger partial charge in [0.2, 0.25) is 6.79 Å². The molecule has 0 radical (unpaired) electrons. The maximum absolute atomic E-state index is 5.54. The van der Waals surface area contributed by atoms with Gasteiger partial charge in [-0.1, -0.05) is 24.3 Å². The molecule has 3 rings (SSSR count). The maximum atomic E-state index is 5.54. The molecular weight excluding hydrogens is 368 g/mol. The summed E-state index contributed by atoms with van der Waals surface area (Å²) in [6.07, 6.45) is 0.862. The lowest BCUT2D eigenvalue weighted by Crippen LogP contribution is -2.42. The normalized spacial score (nSPS) is 14.0. The zero-order valence-electron chi connectivity index (χ0n) is 17.6. The van der Waals surface area contributed by atoms with Crippen LogP contribution in [0.2, 0.25) is 0 Å². The number of rotatable bonds is 8. The monoisotopic (exact) mass is 398 g/mol. The zero-order chi connectivity index (χ0) is 20.6. The average molecular weight is 399 g/mol. The van der Waals surface area contributed by atoms with Crippen LogP contribution in [0.25, 0.3) is 0 Å². The highest BCUT2D eigenvalue weighted by molar-refractivity contribution is 5.79. The lowest BCUT2D eigenvalue weighted by molar-refractivity contribution is 0.174. The van der Waals surface area contributed by atoms with Gasteiger partial charge in [-0.15, -0.1) is 0 Å². The van der Waals surface area contributed by atoms with Gasteiger partial charge in [0.15, 0.2) is 17.5 Å². The Morgan fingerprint density at radius 1 is 1.14 bits per heavy atom. The molecule has 7 heteroatoms. The molecule has 0 aromatic heterocycles. The first-order valence-corrected chi connectivity index (χ1v) is 9.74. The van der Waals surface area contributed by atoms with Crippen molar-refractivity contribution in [3.63, 3.8) is 0 Å². The van der Waals surface area contributed by atoms with E-state index in [0.29, 0.717) is 13.3 Å². The van der Waals surface area contributed by atoms with Crippen molar-refractivity contribution in [3.8, 4) is 17.2 Å². The number of nitrogens with one attached hydrogen (secondary N) is 2. The fourth-order valence-electron chi connectivity index (χ4n) is 3.35. The number of fused-ring (bicyclic) bond motifs is 1. The maximum Gasteiger partial charge on any atom is 0.231 e. The topological polar surface area (TPSA) is 67.4 Å². The number of hydrogen-bond donors (Lipinski definition) is 2. The molecule has 0 saturated heterocycles. The van der Waals surface area contributed by atoms with Crippen molar-refractivity contribution >= 4 is 5.96 Å². The second-order valence-corrected chi connectivity index (χ2v) is 7.04. The Bertz CT molecular complexity index is 839. The molecule has 7 nitrogen and oxygen atoms in total. The molecule has 1 atom stereocenters. The minimum absolute atomic E-state index is 0.151. The van der Waals surface area contributed by atoms with Gasteiger partial charge in [0.25, 0.3) is 0 Å². The van der Waals surface area contributed by atoms with Crippen LogP contribution in [0.5, 0.6) is 17.2 Å². The molecule has 1 heterocycles. The SMILES string of the molecule is CN=C(NCCc1ccc2c(c1)OCO2)NCC(c1ccccc1OC)N(C)C. The fraction of sp³-hybridized carbons (Fsp3) is 0.409. The van der Waals surface area contributed by atoms with E-state index >= 15 is 0 Å². The van der Waals surface area contributed by atoms with Crippen molar-refractivity contribution in [3.05, 3.63) is 53.6 Å². The van der Waals surface area contributed by atoms with E-state index < -0.39 is 0 Å². The quantitative estimate of drug-likeness (QED) is 0.526. The summed E-state index contributed by atoms with van der Waals surface area (Å²) in [5, 5.41) is 6.80. The summed E-state index contributed by atoms with van der Waals surface area (Å²) in [5.41, 5.74) is 2.33. The van der Waals surface area contributed by atoms with Gasteiger partial charge in [-0.3, -0.25) is 4.99 Å². The Labute approximate surface area is 172 Å². The van der Waals surface area contributed by atoms with E-state index in [2.05, 4.69) is 46.8 Å². The minimum atomic E-state index is 0.151. The van der Waals surface area contributed by atoms with Crippen LogP contribution in [0.1, 0.15) is 17.2 Å². The van der Waals surface area contributed by atoms with E-state index in [4.69, 9.17) is 14.2 Å². The Morgan fingerprint density at radius 2 is 1.93 bits per heavy atom. The number of methoxy groups -OCH3 is 1. The van der Waals surface area contributed by atoms with E-state index in [1.54, 1.807) is 14.2 Å². The molecular formula is C22H30N4O3. The van der Waals surface area contributed by atoms with E-state index in [9.17, 15) is 0 Å². The summed E-state index contributed by atoms with van der Waals surface area (Å²) in [6.45, 7) is 1.77. The molecule has 1 aliphatic rings. The molecule has 0 fully saturated rings. The van der Waals surface area contributed by atoms with E-state index in [1.807, 2.05) is 30.3 Å². The molecule has 1 aliphatic heterocycles. The van der Waals surface area contributed by atoms with E-state index in [0.717, 1.165) is 41.7 Å². The van der Waals surface area contributed by atoms with Crippen molar-refractivity contribution in [2.75, 3.05) is 48.1 Å². The van der Waals surface area contributed by atoms with Crippen LogP contribution < -0.4 is 24.8 Å². The Morgan fingerprint density at radius 3 is 2.69 bits per heavy atom. The molecule has 0 amide bonds. The van der Waals surface area contributed by atoms with Gasteiger partial charge >= 0.3 is 0 Å². The first-order valence-electron chi connectivity index (χ1n) is 9.74. The first kappa shape index (κ1) is 20.8. The molecule has 2 aromatic carbocycles. The largest absolute Gasteiger partial charge is 0.496 e. The number of benzene rings is 2. The number of para-hydroxylation sites is 1. The third kappa shape index (κ3) is 5.32. The highest BCUT2D eigenvalue weighted by atomic mass is 16.7. The Balaban J connectivity index is 1.53. The lowest BCUT2D eigenvalue weighted by Gasteiger charge is -2.27. The minimum Gasteiger partial charge on any atom is -0.496 e. The summed E-state index contributed by atoms with van der Waals surface area (Å²) in [4.78, 5) is 6.52. The van der Waals surface area contributed by atoms with Gasteiger partial charge in [-0.2, -0.15) is 0 Å². The van der Waals surface area contributed by atoms with Gasteiger partial charge in [0.1, 0.15) is 5.75 Å². The molecule has 0 aliphatic carbocycles. The Hall–Kier alpha value is -2.93. The summed E-state index contributed by atoms with van der Waals surface area (Å²) in [6, 6.07) is 14.3. The zero-order valence-corrected chi connectivity index (χ0v) is 17.6. The fourth-order valence-corrected chi connectivity index (χ4v) is 3.35. The van der Waals surface area contributed by atoms with E-state index in [1.165, 1.54) is 5.56 Å². The molecule has 156 valence electrons. The van der Waals surface area contributed by atoms with Crippen LogP contribution in [-0.2, 0) is 6.42 Å². The highest BCUT2D eigenvalue weighted by Gasteiger charge is 2.18. The number of nitrogens with zero attached hydrogens (tertiary/aromatic N) is 2. The van der Waals surface area contributed by atoms with Gasteiger partial charge in [-0.25, -0.2) is 0 Å². The predicted octanol–water partition coefficient (Wildman–Crippen LogP) is 2.43. The van der Waals surface area contributed by atoms with Crippen molar-refractivity contribution < 1.29 is 14.2 Å². The van der Waals surface area contributed by atoms with Crippen LogP contribution in [0.4, 0.5) is 0 Å². The second kappa shape index (κ2) is 10.0. The molecule has 2 aromatic rings. The molecule has 0 spiro atoms. The lowest BCUT2D eigenvalue weighted by atomic mass is 10.0. The predicted molar refractivity (Wildman–Crippen MR) is 115 cm³/mol. The van der Waals surface area contributed by atoms with Gasteiger partial charge in [0.05, 0.1) is 13.2 Å². The first-order chi connectivity index (χ1) is 14.1. The summed E-state index contributed by atoms with van der Waals surface area (Å²) in [5.74, 6) is 3.28. The number of guanidine groups is 1. The summed E-state index contributed by atoms with van der Waals surface area (Å²) < 4.78 is 16.3. The van der Waals surface area contributed by atoms with Crippen LogP contribution in [0, 0.1) is 0 Å². The van der Waals surface area contributed by atoms with Crippen molar-refractivity contribution in [1.29, 1.82) is 0 Å². The Kier molecular flexibility index (Phi) is 7.19. The second-order valence-electron chi connectivity index (χ2n) is 7.04. The molecule has 29 heavy (non-hydrogen) atoms. The third-order valence-electron chi connectivity index (χ3n) is 4.95. The summed E-state index contributed by atoms with van der Waals surface area (Å²) >= 11 is 0. The van der Waals surface area contributed by atoms with Crippen LogP contribution in [0.3, 0.4) is 0 Å². The number of hydrogen-bond acceptors (Lipinski definition) is 5. The molecule has 0 bridgehead atoms. The summed E-state index contributed by atoms with van der Waals surface area (Å²) in [7, 11) is 7.61. The van der Waals surface area contributed by atoms with Crippen molar-refractivity contribution in [1.82, 2.24) is 15.5 Å². The number of ether oxygens (including phenoxy) is 3. The smallest absolute Gasteiger partial charge is 0.231 e. The van der Waals surface area contributed by atoms with Crippen molar-refractivity contribution in [2.24, 2.45) is 4.99 Å². The van der Waals surface area contributed by atoms with Gasteiger partial charge in [-0.05, 0) is 44.3 Å². The highest BCUT2D eigenvalue weighted by Crippen LogP contribution is 2.32. The standard InChI is InChI=1S/C22H30N4O3/c1-23-22(24-12-11-16-9-10-20-21(13-16)29-15-28-20)25-14-18(26(2)3)17-7-5-6-8-19(17)27-4/h5-10,13,18H,11-12,14-15H2,1-4H3,(H2,23,24,25). The van der Waals surface area contributed by atoms with Crippen LogP contribution >= 0.6 is 0 Å². The third-order valence-corrected chi connectivity index (χ3v) is 4.95. The van der Waals surface area contributed by atoms with Crippen LogP contribution in [0.15, 0.2) is 47.5 Å². The molecule has 2 N–H and O–H groups in total. The molecule has 1 unspecified atom stereocenters. The van der Waals surface area contributed by atoms with Crippen molar-refractivity contribution in [2.45, 2.75) is 12.5 Å².